The molecule has 0 aromatic heterocycles. The first-order valence-electron chi connectivity index (χ1n) is 9.16. The van der Waals surface area contributed by atoms with E-state index in [2.05, 4.69) is 5.32 Å². The Morgan fingerprint density at radius 2 is 1.76 bits per heavy atom. The molecule has 29 heavy (non-hydrogen) atoms. The van der Waals surface area contributed by atoms with E-state index in [1.807, 2.05) is 0 Å². The van der Waals surface area contributed by atoms with Crippen LogP contribution in [-0.4, -0.2) is 135 Å². The second kappa shape index (κ2) is 12.7. The normalized spacial score (nSPS) is 31.7. The van der Waals surface area contributed by atoms with Crippen LogP contribution in [0, 0.1) is 0 Å². The second-order valence-electron chi connectivity index (χ2n) is 6.47. The minimum absolute atomic E-state index is 0.0389. The third-order valence-corrected chi connectivity index (χ3v) is 4.38. The number of amides is 1. The number of carbonyl (C=O) groups excluding carboxylic acids is 1. The predicted octanol–water partition coefficient (Wildman–Crippen LogP) is -5.60. The van der Waals surface area contributed by atoms with Gasteiger partial charge in [-0.15, -0.1) is 0 Å². The molecule has 6 unspecified atom stereocenters. The standard InChI is InChI=1S/C16H31NO12/c1-2-27-4-3-17-15(26)12(24)11(23)14(7(20)5-18)29-16-13(25)10(22)9(21)8(6-19)28-16/h7-14,16,18-25H,2-6H2,1H3,(H,17,26)/t7?,8?,9-,10?,11?,12?,13-,14?,16+/m1/s1. The van der Waals surface area contributed by atoms with Crippen molar-refractivity contribution in [3.8, 4) is 0 Å². The van der Waals surface area contributed by atoms with E-state index < -0.39 is 74.2 Å². The molecule has 0 spiro atoms. The SMILES string of the molecule is CCOCCNC(=O)C(O)C(O)C(O[C@@H]1OC(CO)[C@@H](O)C(O)[C@H]1O)C(O)CO. The van der Waals surface area contributed by atoms with Crippen LogP contribution in [0.1, 0.15) is 6.92 Å². The van der Waals surface area contributed by atoms with Crippen molar-refractivity contribution >= 4 is 5.91 Å². The third-order valence-electron chi connectivity index (χ3n) is 4.38. The first kappa shape index (κ1) is 26.1. The van der Waals surface area contributed by atoms with Gasteiger partial charge in [0.2, 0.25) is 0 Å². The lowest BCUT2D eigenvalue weighted by atomic mass is 9.98. The molecule has 9 atom stereocenters. The fourth-order valence-corrected chi connectivity index (χ4v) is 2.67. The van der Waals surface area contributed by atoms with Gasteiger partial charge in [0.25, 0.3) is 5.91 Å². The molecule has 1 fully saturated rings. The maximum Gasteiger partial charge on any atom is 0.251 e. The second-order valence-corrected chi connectivity index (χ2v) is 6.47. The summed E-state index contributed by atoms with van der Waals surface area (Å²) in [6.07, 6.45) is -16.2. The highest BCUT2D eigenvalue weighted by Crippen LogP contribution is 2.25. The first-order valence-corrected chi connectivity index (χ1v) is 9.16. The number of nitrogens with one attached hydrogen (secondary N) is 1. The van der Waals surface area contributed by atoms with E-state index in [1.54, 1.807) is 6.92 Å². The molecule has 0 bridgehead atoms. The molecular weight excluding hydrogens is 398 g/mol. The van der Waals surface area contributed by atoms with Gasteiger partial charge < -0.3 is 60.4 Å². The average Bonchev–Trinajstić information content (AvgIpc) is 2.72. The van der Waals surface area contributed by atoms with Crippen LogP contribution >= 0.6 is 0 Å². The van der Waals surface area contributed by atoms with Gasteiger partial charge in [0, 0.05) is 13.2 Å². The molecule has 0 aliphatic carbocycles. The van der Waals surface area contributed by atoms with Crippen LogP contribution in [-0.2, 0) is 19.0 Å². The quantitative estimate of drug-likeness (QED) is 0.133. The van der Waals surface area contributed by atoms with E-state index >= 15 is 0 Å². The molecule has 13 heteroatoms. The van der Waals surface area contributed by atoms with Crippen molar-refractivity contribution in [1.82, 2.24) is 5.32 Å². The monoisotopic (exact) mass is 429 g/mol. The van der Waals surface area contributed by atoms with Gasteiger partial charge in [-0.25, -0.2) is 0 Å². The van der Waals surface area contributed by atoms with Crippen LogP contribution in [0.25, 0.3) is 0 Å². The Labute approximate surface area is 167 Å². The van der Waals surface area contributed by atoms with E-state index in [1.165, 1.54) is 0 Å². The molecule has 1 rings (SSSR count). The molecule has 1 aliphatic heterocycles. The van der Waals surface area contributed by atoms with Gasteiger partial charge in [0.1, 0.15) is 42.7 Å². The van der Waals surface area contributed by atoms with Crippen molar-refractivity contribution in [2.75, 3.05) is 33.0 Å². The molecular formula is C16H31NO12. The van der Waals surface area contributed by atoms with Crippen LogP contribution in [0.2, 0.25) is 0 Å². The zero-order chi connectivity index (χ0) is 22.1. The molecule has 13 nitrogen and oxygen atoms in total. The minimum Gasteiger partial charge on any atom is -0.394 e. The Morgan fingerprint density at radius 1 is 1.10 bits per heavy atom. The topological polar surface area (TPSA) is 219 Å². The lowest BCUT2D eigenvalue weighted by molar-refractivity contribution is -0.326. The van der Waals surface area contributed by atoms with E-state index in [4.69, 9.17) is 14.2 Å². The summed E-state index contributed by atoms with van der Waals surface area (Å²) in [5.41, 5.74) is 0. The highest BCUT2D eigenvalue weighted by molar-refractivity contribution is 5.81. The van der Waals surface area contributed by atoms with Crippen LogP contribution in [0.4, 0.5) is 0 Å². The number of rotatable bonds is 12. The molecule has 0 aromatic carbocycles. The number of carbonyl (C=O) groups is 1. The van der Waals surface area contributed by atoms with E-state index in [-0.39, 0.29) is 13.2 Å². The Bertz CT molecular complexity index is 481. The highest BCUT2D eigenvalue weighted by atomic mass is 16.7. The molecule has 9 N–H and O–H groups in total. The maximum absolute atomic E-state index is 11.9. The van der Waals surface area contributed by atoms with Crippen LogP contribution in [0.3, 0.4) is 0 Å². The van der Waals surface area contributed by atoms with Crippen LogP contribution in [0.5, 0.6) is 0 Å². The Morgan fingerprint density at radius 3 is 2.31 bits per heavy atom. The Kier molecular flexibility index (Phi) is 11.4. The summed E-state index contributed by atoms with van der Waals surface area (Å²) in [5, 5.41) is 80.5. The number of hydrogen-bond donors (Lipinski definition) is 9. The number of aliphatic hydroxyl groups is 8. The van der Waals surface area contributed by atoms with E-state index in [9.17, 15) is 45.6 Å². The smallest absolute Gasteiger partial charge is 0.251 e. The van der Waals surface area contributed by atoms with Gasteiger partial charge in [-0.3, -0.25) is 4.79 Å². The third kappa shape index (κ3) is 7.04. The molecule has 172 valence electrons. The van der Waals surface area contributed by atoms with Gasteiger partial charge in [0.05, 0.1) is 19.8 Å². The van der Waals surface area contributed by atoms with Crippen molar-refractivity contribution in [1.29, 1.82) is 0 Å². The lowest BCUT2D eigenvalue weighted by Gasteiger charge is -2.42. The fraction of sp³-hybridized carbons (Fsp3) is 0.938. The molecule has 1 amide bonds. The number of ether oxygens (including phenoxy) is 3. The highest BCUT2D eigenvalue weighted by Gasteiger charge is 2.47. The van der Waals surface area contributed by atoms with Gasteiger partial charge >= 0.3 is 0 Å². The Balaban J connectivity index is 2.83. The molecule has 1 aliphatic rings. The lowest BCUT2D eigenvalue weighted by Crippen LogP contribution is -2.62. The summed E-state index contributed by atoms with van der Waals surface area (Å²) in [7, 11) is 0. The van der Waals surface area contributed by atoms with Crippen LogP contribution in [0.15, 0.2) is 0 Å². The molecule has 0 aromatic rings. The maximum atomic E-state index is 11.9. The predicted molar refractivity (Wildman–Crippen MR) is 93.2 cm³/mol. The van der Waals surface area contributed by atoms with Gasteiger partial charge in [-0.1, -0.05) is 0 Å². The molecule has 0 saturated carbocycles. The summed E-state index contributed by atoms with van der Waals surface area (Å²) in [6, 6.07) is 0. The molecule has 1 heterocycles. The summed E-state index contributed by atoms with van der Waals surface area (Å²) in [4.78, 5) is 11.9. The van der Waals surface area contributed by atoms with E-state index in [0.29, 0.717) is 6.61 Å². The summed E-state index contributed by atoms with van der Waals surface area (Å²) in [6.45, 7) is 0.673. The minimum atomic E-state index is -2.09. The summed E-state index contributed by atoms with van der Waals surface area (Å²) in [5.74, 6) is -1.01. The van der Waals surface area contributed by atoms with Crippen molar-refractivity contribution in [3.05, 3.63) is 0 Å². The van der Waals surface area contributed by atoms with Gasteiger partial charge in [-0.2, -0.15) is 0 Å². The van der Waals surface area contributed by atoms with Crippen LogP contribution < -0.4 is 5.32 Å². The summed E-state index contributed by atoms with van der Waals surface area (Å²) < 4.78 is 15.3. The van der Waals surface area contributed by atoms with Crippen molar-refractivity contribution < 1.29 is 59.9 Å². The molecule has 1 saturated heterocycles. The number of hydrogen-bond acceptors (Lipinski definition) is 12. The zero-order valence-corrected chi connectivity index (χ0v) is 15.9. The largest absolute Gasteiger partial charge is 0.394 e. The number of aliphatic hydroxyl groups excluding tert-OH is 8. The van der Waals surface area contributed by atoms with E-state index in [0.717, 1.165) is 0 Å². The Hall–Kier alpha value is -0.970. The van der Waals surface area contributed by atoms with Crippen molar-refractivity contribution in [3.63, 3.8) is 0 Å². The average molecular weight is 429 g/mol. The fourth-order valence-electron chi connectivity index (χ4n) is 2.67. The zero-order valence-electron chi connectivity index (χ0n) is 15.9. The summed E-state index contributed by atoms with van der Waals surface area (Å²) >= 11 is 0. The van der Waals surface area contributed by atoms with Crippen molar-refractivity contribution in [2.45, 2.75) is 62.0 Å². The van der Waals surface area contributed by atoms with Crippen molar-refractivity contribution in [2.24, 2.45) is 0 Å². The molecule has 0 radical (unpaired) electrons. The first-order chi connectivity index (χ1) is 13.7. The van der Waals surface area contributed by atoms with Gasteiger partial charge in [-0.05, 0) is 6.92 Å². The van der Waals surface area contributed by atoms with Gasteiger partial charge in [0.15, 0.2) is 12.4 Å².